The molecule has 5 amide bonds. The van der Waals surface area contributed by atoms with Crippen LogP contribution < -0.4 is 26.6 Å². The SMILES string of the molecule is CC[C@H](C)C(NC(=O)CCCCCCNC(=O)[C@H](CC(C)C)NC(=O)CNC(=O)c1cc(Cl)ccc1Cl)C(=O)Nc1ccc2nc(Cc3c[nH]c4ccccc34)[nH]c2c1. The maximum Gasteiger partial charge on any atom is 0.253 e. The Balaban J connectivity index is 1.01. The number of H-pyrrole nitrogens is 2. The predicted octanol–water partition coefficient (Wildman–Crippen LogP) is 7.44. The zero-order valence-electron chi connectivity index (χ0n) is 34.0. The smallest absolute Gasteiger partial charge is 0.253 e. The average Bonchev–Trinajstić information content (AvgIpc) is 3.81. The van der Waals surface area contributed by atoms with Gasteiger partial charge in [-0.25, -0.2) is 4.98 Å². The number of imidazole rings is 1. The number of fused-ring (bicyclic) bond motifs is 2. The lowest BCUT2D eigenvalue weighted by Gasteiger charge is -2.23. The standard InChI is InChI=1S/C44H54Cl2N8O5/c1-5-27(4)41(44(59)50-30-16-18-35-36(23-30)52-38(51-35)21-28-24-48-34-13-10-9-12-31(28)34)54-39(55)14-8-6-7-11-19-47-43(58)37(20-26(2)3)53-40(56)25-49-42(57)32-22-29(45)15-17-33(32)46/h9-10,12-13,15-18,22-24,26-27,37,41,48H,5-8,11,14,19-21,25H2,1-4H3,(H,47,58)(H,49,57)(H,50,59)(H,51,52)(H,53,56)(H,54,55)/t27-,37-,41?/m0/s1. The van der Waals surface area contributed by atoms with Gasteiger partial charge in [0.1, 0.15) is 17.9 Å². The Morgan fingerprint density at radius 1 is 0.814 bits per heavy atom. The van der Waals surface area contributed by atoms with Crippen molar-refractivity contribution in [1.29, 1.82) is 0 Å². The van der Waals surface area contributed by atoms with Gasteiger partial charge in [0.2, 0.25) is 23.6 Å². The minimum Gasteiger partial charge on any atom is -0.361 e. The third-order valence-electron chi connectivity index (χ3n) is 10.2. The van der Waals surface area contributed by atoms with Crippen LogP contribution in [0.5, 0.6) is 0 Å². The average molecular weight is 846 g/mol. The van der Waals surface area contributed by atoms with E-state index in [-0.39, 0.29) is 53.1 Å². The third kappa shape index (κ3) is 13.0. The second kappa shape index (κ2) is 21.6. The van der Waals surface area contributed by atoms with E-state index < -0.39 is 23.9 Å². The van der Waals surface area contributed by atoms with E-state index in [1.54, 1.807) is 6.07 Å². The highest BCUT2D eigenvalue weighted by atomic mass is 35.5. The van der Waals surface area contributed by atoms with Crippen molar-refractivity contribution in [2.45, 2.75) is 91.1 Å². The molecule has 15 heteroatoms. The molecular formula is C44H54Cl2N8O5. The number of nitrogens with one attached hydrogen (secondary N) is 7. The number of unbranched alkanes of at least 4 members (excludes halogenated alkanes) is 3. The van der Waals surface area contributed by atoms with Crippen LogP contribution >= 0.6 is 23.2 Å². The number of carbonyl (C=O) groups is 5. The summed E-state index contributed by atoms with van der Waals surface area (Å²) in [6.45, 7) is 7.91. The number of halogens is 2. The zero-order valence-corrected chi connectivity index (χ0v) is 35.5. The van der Waals surface area contributed by atoms with Gasteiger partial charge in [0.25, 0.3) is 5.91 Å². The molecule has 3 aromatic carbocycles. The van der Waals surface area contributed by atoms with Crippen LogP contribution in [0, 0.1) is 11.8 Å². The molecule has 7 N–H and O–H groups in total. The number of aromatic amines is 2. The maximum absolute atomic E-state index is 13.5. The van der Waals surface area contributed by atoms with Crippen molar-refractivity contribution in [1.82, 2.24) is 36.2 Å². The van der Waals surface area contributed by atoms with E-state index >= 15 is 0 Å². The van der Waals surface area contributed by atoms with Crippen molar-refractivity contribution in [2.75, 3.05) is 18.4 Å². The number of para-hydroxylation sites is 1. The van der Waals surface area contributed by atoms with E-state index in [1.807, 2.05) is 70.3 Å². The molecule has 59 heavy (non-hydrogen) atoms. The number of anilines is 1. The lowest BCUT2D eigenvalue weighted by Crippen LogP contribution is -2.50. The summed E-state index contributed by atoms with van der Waals surface area (Å²) in [7, 11) is 0. The van der Waals surface area contributed by atoms with Gasteiger partial charge in [0, 0.05) is 47.2 Å². The third-order valence-corrected chi connectivity index (χ3v) is 10.8. The van der Waals surface area contributed by atoms with Crippen LogP contribution in [0.25, 0.3) is 21.9 Å². The molecule has 314 valence electrons. The fraction of sp³-hybridized carbons (Fsp3) is 0.409. The molecule has 0 radical (unpaired) electrons. The van der Waals surface area contributed by atoms with Crippen molar-refractivity contribution < 1.29 is 24.0 Å². The zero-order chi connectivity index (χ0) is 42.5. The van der Waals surface area contributed by atoms with Gasteiger partial charge < -0.3 is 36.6 Å². The van der Waals surface area contributed by atoms with Crippen LogP contribution in [0.15, 0.2) is 66.9 Å². The summed E-state index contributed by atoms with van der Waals surface area (Å²) >= 11 is 12.1. The molecule has 2 aromatic heterocycles. The molecule has 0 saturated heterocycles. The molecule has 5 aromatic rings. The van der Waals surface area contributed by atoms with Gasteiger partial charge in [-0.3, -0.25) is 24.0 Å². The van der Waals surface area contributed by atoms with Crippen LogP contribution in [-0.4, -0.2) is 69.7 Å². The van der Waals surface area contributed by atoms with Gasteiger partial charge in [-0.05, 0) is 79.1 Å². The second-order valence-electron chi connectivity index (χ2n) is 15.4. The molecule has 0 spiro atoms. The second-order valence-corrected chi connectivity index (χ2v) is 16.2. The van der Waals surface area contributed by atoms with E-state index in [4.69, 9.17) is 28.2 Å². The highest BCUT2D eigenvalue weighted by Gasteiger charge is 2.26. The molecule has 1 unspecified atom stereocenters. The normalized spacial score (nSPS) is 12.9. The van der Waals surface area contributed by atoms with Gasteiger partial charge in [-0.15, -0.1) is 0 Å². The molecule has 0 bridgehead atoms. The Morgan fingerprint density at radius 3 is 2.37 bits per heavy atom. The quantitative estimate of drug-likeness (QED) is 0.0376. The Labute approximate surface area is 354 Å². The number of amides is 5. The van der Waals surface area contributed by atoms with Gasteiger partial charge >= 0.3 is 0 Å². The first-order valence-corrected chi connectivity index (χ1v) is 21.0. The first kappa shape index (κ1) is 44.7. The molecule has 3 atom stereocenters. The number of hydrogen-bond acceptors (Lipinski definition) is 6. The largest absolute Gasteiger partial charge is 0.361 e. The van der Waals surface area contributed by atoms with E-state index in [0.717, 1.165) is 46.2 Å². The molecule has 5 rings (SSSR count). The number of benzene rings is 3. The molecule has 0 saturated carbocycles. The number of aromatic nitrogens is 3. The molecule has 0 aliphatic carbocycles. The van der Waals surface area contributed by atoms with E-state index in [1.165, 1.54) is 12.1 Å². The summed E-state index contributed by atoms with van der Waals surface area (Å²) < 4.78 is 0. The molecule has 0 aliphatic heterocycles. The number of rotatable bonds is 21. The summed E-state index contributed by atoms with van der Waals surface area (Å²) in [5.41, 5.74) is 4.59. The van der Waals surface area contributed by atoms with Crippen LogP contribution in [0.2, 0.25) is 10.0 Å². The molecule has 0 aliphatic rings. The first-order chi connectivity index (χ1) is 28.3. The highest BCUT2D eigenvalue weighted by Crippen LogP contribution is 2.24. The fourth-order valence-electron chi connectivity index (χ4n) is 6.82. The highest BCUT2D eigenvalue weighted by molar-refractivity contribution is 6.35. The van der Waals surface area contributed by atoms with Gasteiger partial charge in [-0.1, -0.05) is 88.4 Å². The van der Waals surface area contributed by atoms with E-state index in [9.17, 15) is 24.0 Å². The summed E-state index contributed by atoms with van der Waals surface area (Å²) in [6.07, 6.45) is 6.89. The Morgan fingerprint density at radius 2 is 1.59 bits per heavy atom. The van der Waals surface area contributed by atoms with Crippen molar-refractivity contribution in [3.63, 3.8) is 0 Å². The van der Waals surface area contributed by atoms with E-state index in [0.29, 0.717) is 49.4 Å². The summed E-state index contributed by atoms with van der Waals surface area (Å²) in [4.78, 5) is 76.1. The van der Waals surface area contributed by atoms with Crippen molar-refractivity contribution in [2.24, 2.45) is 11.8 Å². The minimum absolute atomic E-state index is 0.0858. The molecule has 2 heterocycles. The Hall–Kier alpha value is -5.40. The first-order valence-electron chi connectivity index (χ1n) is 20.2. The van der Waals surface area contributed by atoms with Crippen molar-refractivity contribution in [3.8, 4) is 0 Å². The monoisotopic (exact) mass is 844 g/mol. The predicted molar refractivity (Wildman–Crippen MR) is 233 cm³/mol. The number of carbonyl (C=O) groups excluding carboxylic acids is 5. The van der Waals surface area contributed by atoms with Crippen LogP contribution in [0.1, 0.15) is 94.4 Å². The topological polar surface area (TPSA) is 190 Å². The van der Waals surface area contributed by atoms with Gasteiger partial charge in [-0.2, -0.15) is 0 Å². The van der Waals surface area contributed by atoms with Crippen LogP contribution in [0.3, 0.4) is 0 Å². The van der Waals surface area contributed by atoms with Crippen LogP contribution in [-0.2, 0) is 25.6 Å². The molecule has 0 fully saturated rings. The van der Waals surface area contributed by atoms with E-state index in [2.05, 4.69) is 42.6 Å². The lowest BCUT2D eigenvalue weighted by atomic mass is 9.97. The van der Waals surface area contributed by atoms with Gasteiger partial charge in [0.05, 0.1) is 28.2 Å². The Kier molecular flexibility index (Phi) is 16.3. The summed E-state index contributed by atoms with van der Waals surface area (Å²) in [6, 6.07) is 16.7. The fourth-order valence-corrected chi connectivity index (χ4v) is 7.20. The summed E-state index contributed by atoms with van der Waals surface area (Å²) in [5.74, 6) is -0.969. The summed E-state index contributed by atoms with van der Waals surface area (Å²) in [5, 5.41) is 15.8. The van der Waals surface area contributed by atoms with Crippen molar-refractivity contribution in [3.05, 3.63) is 93.9 Å². The van der Waals surface area contributed by atoms with Crippen LogP contribution in [0.4, 0.5) is 5.69 Å². The number of nitrogens with zero attached hydrogens (tertiary/aromatic N) is 1. The lowest BCUT2D eigenvalue weighted by molar-refractivity contribution is -0.128. The molecule has 13 nitrogen and oxygen atoms in total. The van der Waals surface area contributed by atoms with Gasteiger partial charge in [0.15, 0.2) is 0 Å². The van der Waals surface area contributed by atoms with Crippen molar-refractivity contribution >= 4 is 80.4 Å². The molecular weight excluding hydrogens is 791 g/mol. The minimum atomic E-state index is -0.767. The Bertz CT molecular complexity index is 2250. The maximum atomic E-state index is 13.5. The number of hydrogen-bond donors (Lipinski definition) is 7.